The second-order valence-corrected chi connectivity index (χ2v) is 6.67. The van der Waals surface area contributed by atoms with Gasteiger partial charge in [0.2, 0.25) is 5.91 Å². The second kappa shape index (κ2) is 8.53. The molecule has 28 heavy (non-hydrogen) atoms. The number of methoxy groups -OCH3 is 2. The minimum Gasteiger partial charge on any atom is -0.497 e. The minimum atomic E-state index is -0.336. The van der Waals surface area contributed by atoms with Crippen molar-refractivity contribution in [1.29, 1.82) is 0 Å². The highest BCUT2D eigenvalue weighted by Gasteiger charge is 2.16. The molecule has 3 aromatic rings. The van der Waals surface area contributed by atoms with Gasteiger partial charge in [-0.3, -0.25) is 14.9 Å². The summed E-state index contributed by atoms with van der Waals surface area (Å²) < 4.78 is 10.4. The summed E-state index contributed by atoms with van der Waals surface area (Å²) >= 11 is 1.32. The Labute approximate surface area is 166 Å². The Balaban J connectivity index is 1.76. The van der Waals surface area contributed by atoms with E-state index in [4.69, 9.17) is 9.47 Å². The largest absolute Gasteiger partial charge is 0.497 e. The number of carbonyl (C=O) groups is 2. The molecule has 0 unspecified atom stereocenters. The molecule has 0 saturated heterocycles. The van der Waals surface area contributed by atoms with E-state index in [-0.39, 0.29) is 11.8 Å². The molecule has 1 heterocycles. The first-order valence-corrected chi connectivity index (χ1v) is 9.25. The Kier molecular flexibility index (Phi) is 5.90. The molecule has 0 saturated carbocycles. The zero-order chi connectivity index (χ0) is 20.1. The average molecular weight is 397 g/mol. The Morgan fingerprint density at radius 3 is 2.39 bits per heavy atom. The highest BCUT2D eigenvalue weighted by atomic mass is 32.1. The first kappa shape index (κ1) is 19.4. The highest BCUT2D eigenvalue weighted by molar-refractivity contribution is 7.14. The molecule has 0 atom stereocenters. The van der Waals surface area contributed by atoms with Crippen molar-refractivity contribution < 1.29 is 19.1 Å². The van der Waals surface area contributed by atoms with E-state index in [1.54, 1.807) is 30.3 Å². The second-order valence-electron chi connectivity index (χ2n) is 5.82. The lowest BCUT2D eigenvalue weighted by molar-refractivity contribution is -0.114. The molecule has 2 amide bonds. The molecule has 1 aromatic heterocycles. The zero-order valence-corrected chi connectivity index (χ0v) is 16.4. The first-order chi connectivity index (χ1) is 13.5. The number of benzene rings is 2. The van der Waals surface area contributed by atoms with Gasteiger partial charge in [-0.1, -0.05) is 12.1 Å². The van der Waals surface area contributed by atoms with Crippen LogP contribution in [0.25, 0.3) is 11.3 Å². The van der Waals surface area contributed by atoms with Crippen LogP contribution in [0.2, 0.25) is 0 Å². The fraction of sp³-hybridized carbons (Fsp3) is 0.150. The lowest BCUT2D eigenvalue weighted by Crippen LogP contribution is -2.13. The molecular weight excluding hydrogens is 378 g/mol. The van der Waals surface area contributed by atoms with Crippen molar-refractivity contribution in [2.75, 3.05) is 24.9 Å². The molecule has 0 aliphatic rings. The number of ether oxygens (including phenoxy) is 2. The van der Waals surface area contributed by atoms with Gasteiger partial charge in [-0.25, -0.2) is 4.98 Å². The summed E-state index contributed by atoms with van der Waals surface area (Å²) in [4.78, 5) is 28.2. The highest BCUT2D eigenvalue weighted by Crippen LogP contribution is 2.28. The number of aromatic nitrogens is 1. The minimum absolute atomic E-state index is 0.126. The normalized spacial score (nSPS) is 10.2. The van der Waals surface area contributed by atoms with Gasteiger partial charge in [-0.2, -0.15) is 0 Å². The summed E-state index contributed by atoms with van der Waals surface area (Å²) in [6.07, 6.45) is 0. The van der Waals surface area contributed by atoms with Crippen LogP contribution >= 0.6 is 11.3 Å². The average Bonchev–Trinajstić information content (AvgIpc) is 3.16. The van der Waals surface area contributed by atoms with Crippen molar-refractivity contribution in [3.63, 3.8) is 0 Å². The van der Waals surface area contributed by atoms with Gasteiger partial charge in [-0.15, -0.1) is 11.3 Å². The van der Waals surface area contributed by atoms with Gasteiger partial charge in [-0.05, 0) is 30.3 Å². The topological polar surface area (TPSA) is 89.6 Å². The lowest BCUT2D eigenvalue weighted by Gasteiger charge is -2.09. The maximum Gasteiger partial charge on any atom is 0.261 e. The lowest BCUT2D eigenvalue weighted by atomic mass is 10.1. The molecule has 0 fully saturated rings. The summed E-state index contributed by atoms with van der Waals surface area (Å²) in [5, 5.41) is 7.83. The van der Waals surface area contributed by atoms with Crippen LogP contribution in [0.3, 0.4) is 0 Å². The molecule has 144 valence electrons. The van der Waals surface area contributed by atoms with Crippen LogP contribution in [-0.4, -0.2) is 31.0 Å². The van der Waals surface area contributed by atoms with E-state index in [9.17, 15) is 9.59 Å². The van der Waals surface area contributed by atoms with Crippen LogP contribution in [-0.2, 0) is 4.79 Å². The predicted molar refractivity (Wildman–Crippen MR) is 109 cm³/mol. The molecule has 0 bridgehead atoms. The van der Waals surface area contributed by atoms with Crippen molar-refractivity contribution in [2.45, 2.75) is 6.92 Å². The van der Waals surface area contributed by atoms with Crippen molar-refractivity contribution in [2.24, 2.45) is 0 Å². The number of hydrogen-bond donors (Lipinski definition) is 2. The van der Waals surface area contributed by atoms with Crippen molar-refractivity contribution in [1.82, 2.24) is 4.98 Å². The SMILES string of the molecule is COc1ccc(OC)c(C(=O)Nc2nc(-c3ccc(NC(C)=O)cc3)cs2)c1. The van der Waals surface area contributed by atoms with E-state index in [2.05, 4.69) is 15.6 Å². The van der Waals surface area contributed by atoms with E-state index in [0.29, 0.717) is 27.9 Å². The van der Waals surface area contributed by atoms with Gasteiger partial charge >= 0.3 is 0 Å². The number of nitrogens with one attached hydrogen (secondary N) is 2. The monoisotopic (exact) mass is 397 g/mol. The molecule has 7 nitrogen and oxygen atoms in total. The van der Waals surface area contributed by atoms with E-state index < -0.39 is 0 Å². The van der Waals surface area contributed by atoms with E-state index in [0.717, 1.165) is 11.3 Å². The third-order valence-electron chi connectivity index (χ3n) is 3.88. The third kappa shape index (κ3) is 4.47. The summed E-state index contributed by atoms with van der Waals surface area (Å²) in [5.74, 6) is 0.547. The van der Waals surface area contributed by atoms with Gasteiger partial charge in [0.1, 0.15) is 11.5 Å². The molecule has 3 rings (SSSR count). The van der Waals surface area contributed by atoms with Gasteiger partial charge in [0.05, 0.1) is 25.5 Å². The third-order valence-corrected chi connectivity index (χ3v) is 4.63. The molecule has 2 aromatic carbocycles. The van der Waals surface area contributed by atoms with Crippen LogP contribution in [0.1, 0.15) is 17.3 Å². The quantitative estimate of drug-likeness (QED) is 0.655. The molecule has 2 N–H and O–H groups in total. The summed E-state index contributed by atoms with van der Waals surface area (Å²) in [6.45, 7) is 1.46. The van der Waals surface area contributed by atoms with E-state index >= 15 is 0 Å². The number of thiazole rings is 1. The molecule has 0 radical (unpaired) electrons. The smallest absolute Gasteiger partial charge is 0.261 e. The summed E-state index contributed by atoms with van der Waals surface area (Å²) in [5.41, 5.74) is 2.68. The fourth-order valence-electron chi connectivity index (χ4n) is 2.55. The maximum atomic E-state index is 12.6. The van der Waals surface area contributed by atoms with Crippen LogP contribution in [0.4, 0.5) is 10.8 Å². The van der Waals surface area contributed by atoms with Crippen molar-refractivity contribution in [3.05, 3.63) is 53.4 Å². The number of anilines is 2. The number of carbonyl (C=O) groups excluding carboxylic acids is 2. The first-order valence-electron chi connectivity index (χ1n) is 8.37. The fourth-order valence-corrected chi connectivity index (χ4v) is 3.26. The standard InChI is InChI=1S/C20H19N3O4S/c1-12(24)21-14-6-4-13(5-7-14)17-11-28-20(22-17)23-19(25)16-10-15(26-2)8-9-18(16)27-3/h4-11H,1-3H3,(H,21,24)(H,22,23,25). The molecule has 8 heteroatoms. The Morgan fingerprint density at radius 1 is 1.00 bits per heavy atom. The number of amides is 2. The van der Waals surface area contributed by atoms with Gasteiger partial charge in [0.25, 0.3) is 5.91 Å². The van der Waals surface area contributed by atoms with Gasteiger partial charge in [0.15, 0.2) is 5.13 Å². The van der Waals surface area contributed by atoms with Gasteiger partial charge in [0, 0.05) is 23.6 Å². The molecule has 0 spiro atoms. The molecule has 0 aliphatic heterocycles. The van der Waals surface area contributed by atoms with Crippen molar-refractivity contribution in [3.8, 4) is 22.8 Å². The Hall–Kier alpha value is -3.39. The van der Waals surface area contributed by atoms with Crippen molar-refractivity contribution >= 4 is 34.0 Å². The Morgan fingerprint density at radius 2 is 1.75 bits per heavy atom. The predicted octanol–water partition coefficient (Wildman–Crippen LogP) is 4.04. The van der Waals surface area contributed by atoms with Crippen LogP contribution in [0.15, 0.2) is 47.8 Å². The van der Waals surface area contributed by atoms with Crippen LogP contribution < -0.4 is 20.1 Å². The van der Waals surface area contributed by atoms with E-state index in [1.807, 2.05) is 17.5 Å². The summed E-state index contributed by atoms with van der Waals surface area (Å²) in [6, 6.07) is 12.3. The van der Waals surface area contributed by atoms with E-state index in [1.165, 1.54) is 32.5 Å². The summed E-state index contributed by atoms with van der Waals surface area (Å²) in [7, 11) is 3.04. The molecule has 0 aliphatic carbocycles. The maximum absolute atomic E-state index is 12.6. The zero-order valence-electron chi connectivity index (χ0n) is 15.6. The van der Waals surface area contributed by atoms with Gasteiger partial charge < -0.3 is 14.8 Å². The van der Waals surface area contributed by atoms with Crippen LogP contribution in [0.5, 0.6) is 11.5 Å². The number of rotatable bonds is 6. The molecular formula is C20H19N3O4S. The number of nitrogens with zero attached hydrogens (tertiary/aromatic N) is 1. The van der Waals surface area contributed by atoms with Crippen LogP contribution in [0, 0.1) is 0 Å². The number of hydrogen-bond acceptors (Lipinski definition) is 6. The Bertz CT molecular complexity index is 999.